The molecule has 1 aromatic heterocycles. The number of ether oxygens (including phenoxy) is 1. The van der Waals surface area contributed by atoms with Crippen molar-refractivity contribution >= 4 is 23.6 Å². The van der Waals surface area contributed by atoms with Crippen LogP contribution in [-0.2, 0) is 14.3 Å². The van der Waals surface area contributed by atoms with Gasteiger partial charge in [0.05, 0.1) is 17.8 Å². The molecule has 5 unspecified atom stereocenters. The van der Waals surface area contributed by atoms with E-state index in [1.807, 2.05) is 6.07 Å². The summed E-state index contributed by atoms with van der Waals surface area (Å²) in [6, 6.07) is 3.41. The number of hydrogen-bond acceptors (Lipinski definition) is 7. The molecule has 1 aromatic rings. The van der Waals surface area contributed by atoms with Gasteiger partial charge in [0.2, 0.25) is 6.23 Å². The molecular weight excluding hydrogens is 476 g/mol. The van der Waals surface area contributed by atoms with Crippen LogP contribution in [0.2, 0.25) is 0 Å². The molecule has 7 rings (SSSR count). The van der Waals surface area contributed by atoms with Crippen molar-refractivity contribution in [1.29, 1.82) is 0 Å². The normalized spacial score (nSPS) is 39.4. The third-order valence-corrected chi connectivity index (χ3v) is 8.24. The highest BCUT2D eigenvalue weighted by Gasteiger charge is 2.66. The quantitative estimate of drug-likeness (QED) is 0.413. The second-order valence-corrected chi connectivity index (χ2v) is 10.4. The molecule has 2 bridgehead atoms. The van der Waals surface area contributed by atoms with Crippen LogP contribution in [0.4, 0.5) is 14.5 Å². The van der Waals surface area contributed by atoms with Gasteiger partial charge in [-0.3, -0.25) is 20.0 Å². The molecule has 4 saturated carbocycles. The van der Waals surface area contributed by atoms with E-state index < -0.39 is 35.5 Å². The average molecular weight is 501 g/mol. The van der Waals surface area contributed by atoms with E-state index in [4.69, 9.17) is 4.74 Å². The lowest BCUT2D eigenvalue weighted by Crippen LogP contribution is -2.44. The Labute approximate surface area is 204 Å². The second-order valence-electron chi connectivity index (χ2n) is 10.4. The number of hydrazine groups is 1. The molecule has 10 nitrogen and oxygen atoms in total. The second kappa shape index (κ2) is 8.07. The van der Waals surface area contributed by atoms with Crippen molar-refractivity contribution in [2.45, 2.75) is 50.0 Å². The zero-order valence-corrected chi connectivity index (χ0v) is 19.1. The van der Waals surface area contributed by atoms with E-state index in [9.17, 15) is 28.6 Å². The summed E-state index contributed by atoms with van der Waals surface area (Å²) in [7, 11) is 0. The van der Waals surface area contributed by atoms with E-state index in [0.717, 1.165) is 37.5 Å². The number of pyridine rings is 1. The molecule has 1 aliphatic heterocycles. The van der Waals surface area contributed by atoms with Crippen LogP contribution in [0.1, 0.15) is 43.7 Å². The van der Waals surface area contributed by atoms with Crippen LogP contribution in [0.25, 0.3) is 0 Å². The first-order valence-electron chi connectivity index (χ1n) is 11.9. The number of allylic oxidation sites excluding steroid dienone is 2. The molecule has 6 aliphatic rings. The van der Waals surface area contributed by atoms with Gasteiger partial charge in [0.1, 0.15) is 0 Å². The lowest BCUT2D eigenvalue weighted by Gasteiger charge is -2.49. The number of aromatic nitrogens is 1. The molecule has 1 spiro atoms. The van der Waals surface area contributed by atoms with Gasteiger partial charge in [0.25, 0.3) is 5.91 Å². The Balaban J connectivity index is 1.05. The van der Waals surface area contributed by atoms with Crippen molar-refractivity contribution < 1.29 is 33.3 Å². The smallest absolute Gasteiger partial charge is 0.306 e. The summed E-state index contributed by atoms with van der Waals surface area (Å²) >= 11 is 0. The molecule has 36 heavy (non-hydrogen) atoms. The first-order chi connectivity index (χ1) is 17.1. The number of carbonyl (C=O) groups excluding carboxylic acids is 1. The molecule has 0 aromatic carbocycles. The highest BCUT2D eigenvalue weighted by Crippen LogP contribution is 2.74. The van der Waals surface area contributed by atoms with Gasteiger partial charge < -0.3 is 20.3 Å². The van der Waals surface area contributed by atoms with Gasteiger partial charge in [-0.1, -0.05) is 0 Å². The van der Waals surface area contributed by atoms with Crippen LogP contribution in [0.3, 0.4) is 0 Å². The molecular formula is C24H25F2N5O5. The van der Waals surface area contributed by atoms with Crippen molar-refractivity contribution in [3.63, 3.8) is 0 Å². The van der Waals surface area contributed by atoms with Gasteiger partial charge in [0.15, 0.2) is 17.4 Å². The Morgan fingerprint density at radius 1 is 1.22 bits per heavy atom. The first-order valence-corrected chi connectivity index (χ1v) is 11.9. The molecule has 5 aliphatic carbocycles. The lowest BCUT2D eigenvalue weighted by molar-refractivity contribution is -0.151. The number of nitrogens with zero attached hydrogens (tertiary/aromatic N) is 2. The summed E-state index contributed by atoms with van der Waals surface area (Å²) in [6.45, 7) is 0. The fourth-order valence-corrected chi connectivity index (χ4v) is 6.56. The maximum atomic E-state index is 13.5. The summed E-state index contributed by atoms with van der Waals surface area (Å²) in [5, 5.41) is 22.2. The number of carboxylic acid groups (broad SMARTS) is 1. The van der Waals surface area contributed by atoms with E-state index >= 15 is 0 Å². The lowest BCUT2D eigenvalue weighted by atomic mass is 9.55. The van der Waals surface area contributed by atoms with E-state index in [2.05, 4.69) is 26.1 Å². The van der Waals surface area contributed by atoms with Crippen molar-refractivity contribution in [2.24, 2.45) is 28.2 Å². The van der Waals surface area contributed by atoms with Crippen molar-refractivity contribution in [1.82, 2.24) is 15.8 Å². The van der Waals surface area contributed by atoms with E-state index in [1.54, 1.807) is 12.3 Å². The van der Waals surface area contributed by atoms with Crippen molar-refractivity contribution in [3.05, 3.63) is 47.8 Å². The molecule has 2 heterocycles. The SMILES string of the molecule is O=C(O)C1CC2(C1)CC1CC2C1c1ccc(NC(=O)C2NNC(=NC3(O)C=C(F)C(F)=CC3)O2)cn1. The minimum absolute atomic E-state index is 0.154. The number of hydrogen-bond donors (Lipinski definition) is 5. The van der Waals surface area contributed by atoms with Gasteiger partial charge in [-0.05, 0) is 61.1 Å². The highest BCUT2D eigenvalue weighted by atomic mass is 19.2. The fourth-order valence-electron chi connectivity index (χ4n) is 6.56. The number of rotatable bonds is 5. The van der Waals surface area contributed by atoms with Gasteiger partial charge in [0, 0.05) is 24.1 Å². The largest absolute Gasteiger partial charge is 0.481 e. The third-order valence-electron chi connectivity index (χ3n) is 8.24. The molecule has 190 valence electrons. The molecule has 5 fully saturated rings. The van der Waals surface area contributed by atoms with Crippen LogP contribution in [0.15, 0.2) is 47.1 Å². The summed E-state index contributed by atoms with van der Waals surface area (Å²) in [6.07, 6.45) is 5.33. The summed E-state index contributed by atoms with van der Waals surface area (Å²) in [4.78, 5) is 32.2. The van der Waals surface area contributed by atoms with Crippen molar-refractivity contribution in [3.8, 4) is 0 Å². The Morgan fingerprint density at radius 2 is 2.03 bits per heavy atom. The molecule has 1 amide bonds. The van der Waals surface area contributed by atoms with Gasteiger partial charge in [-0.2, -0.15) is 10.4 Å². The van der Waals surface area contributed by atoms with Crippen LogP contribution in [0.5, 0.6) is 0 Å². The number of amides is 1. The number of nitrogens with one attached hydrogen (secondary N) is 3. The Morgan fingerprint density at radius 3 is 2.72 bits per heavy atom. The minimum atomic E-state index is -2.04. The Kier molecular flexibility index (Phi) is 5.16. The summed E-state index contributed by atoms with van der Waals surface area (Å²) < 4.78 is 32.0. The summed E-state index contributed by atoms with van der Waals surface area (Å²) in [5.74, 6) is -2.43. The van der Waals surface area contributed by atoms with E-state index in [-0.39, 0.29) is 23.8 Å². The molecule has 5 atom stereocenters. The maximum Gasteiger partial charge on any atom is 0.306 e. The number of carboxylic acids is 1. The maximum absolute atomic E-state index is 13.5. The van der Waals surface area contributed by atoms with Gasteiger partial charge >= 0.3 is 12.0 Å². The van der Waals surface area contributed by atoms with Gasteiger partial charge in [-0.15, -0.1) is 0 Å². The first kappa shape index (κ1) is 23.0. The number of anilines is 1. The van der Waals surface area contributed by atoms with E-state index in [1.165, 1.54) is 0 Å². The Bertz CT molecular complexity index is 1210. The van der Waals surface area contributed by atoms with Crippen LogP contribution < -0.4 is 16.2 Å². The number of aliphatic hydroxyl groups is 1. The number of aliphatic carboxylic acids is 1. The number of carbonyl (C=O) groups is 2. The van der Waals surface area contributed by atoms with Crippen LogP contribution >= 0.6 is 0 Å². The monoisotopic (exact) mass is 501 g/mol. The minimum Gasteiger partial charge on any atom is -0.481 e. The average Bonchev–Trinajstić information content (AvgIpc) is 3.49. The van der Waals surface area contributed by atoms with Crippen molar-refractivity contribution in [2.75, 3.05) is 5.32 Å². The predicted octanol–water partition coefficient (Wildman–Crippen LogP) is 2.23. The van der Waals surface area contributed by atoms with Gasteiger partial charge in [-0.25, -0.2) is 8.78 Å². The van der Waals surface area contributed by atoms with Crippen LogP contribution in [0, 0.1) is 23.2 Å². The summed E-state index contributed by atoms with van der Waals surface area (Å²) in [5.41, 5.74) is 4.60. The zero-order valence-electron chi connectivity index (χ0n) is 19.1. The topological polar surface area (TPSA) is 145 Å². The molecule has 5 N–H and O–H groups in total. The van der Waals surface area contributed by atoms with E-state index in [0.29, 0.717) is 29.5 Å². The highest BCUT2D eigenvalue weighted by molar-refractivity contribution is 5.96. The Hall–Kier alpha value is -3.38. The standard InChI is InChI=1S/C24H25F2N5O5/c25-15-3-4-24(35,9-16(15)26)29-22-31-30-20(36-22)19(32)28-13-1-2-17(27-10-13)18-11-5-14(18)23(6-11)7-12(8-23)21(33)34/h1-3,9-12,14,18,20,30,35H,4-8H2,(H,28,32)(H,29,31)(H,33,34). The number of halogens is 2. The van der Waals surface area contributed by atoms with Crippen LogP contribution in [-0.4, -0.2) is 45.0 Å². The number of aliphatic imine (C=N–C) groups is 1. The third kappa shape index (κ3) is 3.75. The molecule has 12 heteroatoms. The molecule has 1 saturated heterocycles. The molecule has 0 radical (unpaired) electrons. The zero-order chi connectivity index (χ0) is 25.2. The predicted molar refractivity (Wildman–Crippen MR) is 121 cm³/mol. The number of amidine groups is 1. The fraction of sp³-hybridized carbons (Fsp3) is 0.500.